The van der Waals surface area contributed by atoms with Gasteiger partial charge in [0.15, 0.2) is 0 Å². The summed E-state index contributed by atoms with van der Waals surface area (Å²) in [6, 6.07) is 6.33. The Hall–Kier alpha value is -2.05. The predicted octanol–water partition coefficient (Wildman–Crippen LogP) is 7.20. The molecule has 2 aliphatic rings. The Morgan fingerprint density at radius 2 is 1.78 bits per heavy atom. The van der Waals surface area contributed by atoms with E-state index in [0.717, 1.165) is 55.6 Å². The number of methoxy groups -OCH3 is 1. The second-order valence-electron chi connectivity index (χ2n) is 12.1. The molecule has 1 aliphatic carbocycles. The van der Waals surface area contributed by atoms with Crippen LogP contribution in [-0.4, -0.2) is 53.7 Å². The topological polar surface area (TPSA) is 53.5 Å². The van der Waals surface area contributed by atoms with Crippen LogP contribution in [0.3, 0.4) is 0 Å². The highest BCUT2D eigenvalue weighted by atomic mass is 35.5. The number of hydrogen-bond acceptors (Lipinski definition) is 6. The number of anilines is 3. The van der Waals surface area contributed by atoms with E-state index in [1.54, 1.807) is 13.3 Å². The number of hydrogen-bond donors (Lipinski definition) is 1. The van der Waals surface area contributed by atoms with Crippen molar-refractivity contribution in [2.75, 3.05) is 43.5 Å². The van der Waals surface area contributed by atoms with Crippen LogP contribution in [0.15, 0.2) is 24.4 Å². The van der Waals surface area contributed by atoms with Crippen LogP contribution >= 0.6 is 11.6 Å². The maximum absolute atomic E-state index is 6.55. The zero-order valence-corrected chi connectivity index (χ0v) is 24.4. The van der Waals surface area contributed by atoms with Crippen molar-refractivity contribution >= 4 is 28.9 Å². The zero-order valence-electron chi connectivity index (χ0n) is 23.7. The van der Waals surface area contributed by atoms with E-state index >= 15 is 0 Å². The van der Waals surface area contributed by atoms with Crippen molar-refractivity contribution in [1.29, 1.82) is 0 Å². The Bertz CT molecular complexity index is 1030. The maximum atomic E-state index is 6.55. The summed E-state index contributed by atoms with van der Waals surface area (Å²) in [4.78, 5) is 14.3. The summed E-state index contributed by atoms with van der Waals surface area (Å²) in [5.41, 5.74) is 3.16. The van der Waals surface area contributed by atoms with Crippen LogP contribution in [0, 0.1) is 17.8 Å². The fourth-order valence-electron chi connectivity index (χ4n) is 5.96. The summed E-state index contributed by atoms with van der Waals surface area (Å²) in [5, 5.41) is 4.02. The number of benzene rings is 1. The number of ether oxygens (including phenoxy) is 1. The van der Waals surface area contributed by atoms with Crippen molar-refractivity contribution in [3.63, 3.8) is 0 Å². The summed E-state index contributed by atoms with van der Waals surface area (Å²) in [6.45, 7) is 15.7. The van der Waals surface area contributed by atoms with Crippen molar-refractivity contribution in [3.8, 4) is 5.75 Å². The van der Waals surface area contributed by atoms with Crippen LogP contribution < -0.4 is 15.0 Å². The van der Waals surface area contributed by atoms with Gasteiger partial charge in [-0.05, 0) is 57.1 Å². The Morgan fingerprint density at radius 3 is 2.43 bits per heavy atom. The van der Waals surface area contributed by atoms with Gasteiger partial charge in [-0.1, -0.05) is 57.6 Å². The SMILES string of the molecule is COc1cc(N2CCN(C(C)(C)C)CC2)ccc1Nc1ncc(Cl)c(CC(C)C(C)C2CCCCC2)n1. The van der Waals surface area contributed by atoms with E-state index in [0.29, 0.717) is 22.8 Å². The highest BCUT2D eigenvalue weighted by molar-refractivity contribution is 6.31. The van der Waals surface area contributed by atoms with Gasteiger partial charge in [-0.3, -0.25) is 4.90 Å². The molecule has 2 atom stereocenters. The minimum absolute atomic E-state index is 0.209. The molecule has 2 fully saturated rings. The summed E-state index contributed by atoms with van der Waals surface area (Å²) < 4.78 is 5.76. The third kappa shape index (κ3) is 7.08. The summed E-state index contributed by atoms with van der Waals surface area (Å²) >= 11 is 6.55. The highest BCUT2D eigenvalue weighted by Crippen LogP contribution is 2.36. The number of nitrogens with zero attached hydrogens (tertiary/aromatic N) is 4. The first-order valence-electron chi connectivity index (χ1n) is 14.1. The number of nitrogens with one attached hydrogen (secondary N) is 1. The molecule has 0 radical (unpaired) electrons. The molecule has 1 saturated heterocycles. The quantitative estimate of drug-likeness (QED) is 0.392. The van der Waals surface area contributed by atoms with Gasteiger partial charge in [0.2, 0.25) is 5.95 Å². The molecule has 0 spiro atoms. The van der Waals surface area contributed by atoms with Gasteiger partial charge in [-0.25, -0.2) is 9.97 Å². The molecule has 1 aromatic carbocycles. The van der Waals surface area contributed by atoms with Gasteiger partial charge in [-0.2, -0.15) is 0 Å². The molecule has 7 heteroatoms. The number of halogens is 1. The molecule has 6 nitrogen and oxygen atoms in total. The minimum Gasteiger partial charge on any atom is -0.494 e. The second-order valence-corrected chi connectivity index (χ2v) is 12.5. The maximum Gasteiger partial charge on any atom is 0.227 e. The molecular weight excluding hydrogens is 482 g/mol. The summed E-state index contributed by atoms with van der Waals surface area (Å²) in [7, 11) is 1.71. The van der Waals surface area contributed by atoms with Crippen molar-refractivity contribution in [2.24, 2.45) is 17.8 Å². The Labute approximate surface area is 229 Å². The molecule has 0 amide bonds. The Kier molecular flexibility index (Phi) is 9.23. The molecule has 204 valence electrons. The normalized spacial score (nSPS) is 19.5. The molecular formula is C30H46ClN5O. The van der Waals surface area contributed by atoms with Crippen LogP contribution in [-0.2, 0) is 6.42 Å². The zero-order chi connectivity index (χ0) is 26.6. The Morgan fingerprint density at radius 1 is 1.08 bits per heavy atom. The first kappa shape index (κ1) is 28.0. The van der Waals surface area contributed by atoms with Gasteiger partial charge in [0, 0.05) is 43.5 Å². The van der Waals surface area contributed by atoms with Crippen LogP contribution in [0.25, 0.3) is 0 Å². The fraction of sp³-hybridized carbons (Fsp3) is 0.667. The largest absolute Gasteiger partial charge is 0.494 e. The standard InChI is InChI=1S/C30H46ClN5O/c1-21(22(2)23-10-8-7-9-11-23)18-27-25(31)20-32-29(34-27)33-26-13-12-24(19-28(26)37-6)35-14-16-36(17-15-35)30(3,4)5/h12-13,19-23H,7-11,14-18H2,1-6H3,(H,32,33,34). The first-order valence-corrected chi connectivity index (χ1v) is 14.5. The average molecular weight is 528 g/mol. The molecule has 0 bridgehead atoms. The van der Waals surface area contributed by atoms with E-state index in [9.17, 15) is 0 Å². The van der Waals surface area contributed by atoms with E-state index in [-0.39, 0.29) is 5.54 Å². The average Bonchev–Trinajstić information content (AvgIpc) is 2.90. The lowest BCUT2D eigenvalue weighted by Crippen LogP contribution is -2.53. The van der Waals surface area contributed by atoms with Gasteiger partial charge >= 0.3 is 0 Å². The predicted molar refractivity (Wildman–Crippen MR) is 155 cm³/mol. The number of aromatic nitrogens is 2. The van der Waals surface area contributed by atoms with E-state index in [1.165, 1.54) is 37.8 Å². The van der Waals surface area contributed by atoms with Crippen molar-refractivity contribution < 1.29 is 4.74 Å². The lowest BCUT2D eigenvalue weighted by Gasteiger charge is -2.43. The van der Waals surface area contributed by atoms with E-state index in [1.807, 2.05) is 0 Å². The molecule has 4 rings (SSSR count). The number of piperazine rings is 1. The van der Waals surface area contributed by atoms with Crippen LogP contribution in [0.1, 0.15) is 72.4 Å². The summed E-state index contributed by atoms with van der Waals surface area (Å²) in [6.07, 6.45) is 9.44. The van der Waals surface area contributed by atoms with Gasteiger partial charge in [-0.15, -0.1) is 0 Å². The molecule has 1 N–H and O–H groups in total. The molecule has 2 aromatic rings. The second kappa shape index (κ2) is 12.2. The third-order valence-corrected chi connectivity index (χ3v) is 8.96. The van der Waals surface area contributed by atoms with E-state index < -0.39 is 0 Å². The monoisotopic (exact) mass is 527 g/mol. The lowest BCUT2D eigenvalue weighted by molar-refractivity contribution is 0.128. The van der Waals surface area contributed by atoms with E-state index in [2.05, 4.69) is 72.9 Å². The third-order valence-electron chi connectivity index (χ3n) is 8.65. The molecule has 1 aromatic heterocycles. The van der Waals surface area contributed by atoms with Crippen molar-refractivity contribution in [1.82, 2.24) is 14.9 Å². The molecule has 1 saturated carbocycles. The van der Waals surface area contributed by atoms with Gasteiger partial charge in [0.1, 0.15) is 5.75 Å². The lowest BCUT2D eigenvalue weighted by atomic mass is 9.74. The van der Waals surface area contributed by atoms with Gasteiger partial charge < -0.3 is 15.0 Å². The highest BCUT2D eigenvalue weighted by Gasteiger charge is 2.27. The Balaban J connectivity index is 1.43. The minimum atomic E-state index is 0.209. The van der Waals surface area contributed by atoms with Gasteiger partial charge in [0.05, 0.1) is 29.7 Å². The molecule has 1 aliphatic heterocycles. The van der Waals surface area contributed by atoms with Crippen LogP contribution in [0.2, 0.25) is 5.02 Å². The van der Waals surface area contributed by atoms with E-state index in [4.69, 9.17) is 21.3 Å². The van der Waals surface area contributed by atoms with Crippen molar-refractivity contribution in [2.45, 2.75) is 78.7 Å². The molecule has 2 heterocycles. The van der Waals surface area contributed by atoms with Crippen molar-refractivity contribution in [3.05, 3.63) is 35.1 Å². The summed E-state index contributed by atoms with van der Waals surface area (Å²) in [5.74, 6) is 3.36. The molecule has 37 heavy (non-hydrogen) atoms. The fourth-order valence-corrected chi connectivity index (χ4v) is 6.13. The first-order chi connectivity index (χ1) is 17.7. The van der Waals surface area contributed by atoms with Gasteiger partial charge in [0.25, 0.3) is 0 Å². The number of rotatable bonds is 8. The molecule has 2 unspecified atom stereocenters. The van der Waals surface area contributed by atoms with Crippen LogP contribution in [0.4, 0.5) is 17.3 Å². The van der Waals surface area contributed by atoms with Crippen LogP contribution in [0.5, 0.6) is 5.75 Å². The smallest absolute Gasteiger partial charge is 0.227 e.